The molecule has 1 aromatic carbocycles. The van der Waals surface area contributed by atoms with Crippen LogP contribution in [0, 0.1) is 0 Å². The van der Waals surface area contributed by atoms with E-state index in [1.807, 2.05) is 18.0 Å². The Morgan fingerprint density at radius 1 is 1.34 bits per heavy atom. The second-order valence-corrected chi connectivity index (χ2v) is 7.59. The van der Waals surface area contributed by atoms with Crippen LogP contribution in [0.2, 0.25) is 5.02 Å². The van der Waals surface area contributed by atoms with Crippen LogP contribution >= 0.6 is 27.5 Å². The summed E-state index contributed by atoms with van der Waals surface area (Å²) >= 11 is 9.79. The molecule has 1 heterocycles. The fourth-order valence-electron chi connectivity index (χ4n) is 2.64. The van der Waals surface area contributed by atoms with Crippen molar-refractivity contribution in [2.45, 2.75) is 26.3 Å². The van der Waals surface area contributed by atoms with Crippen molar-refractivity contribution in [1.29, 1.82) is 0 Å². The average Bonchev–Trinajstić information content (AvgIpc) is 2.68. The van der Waals surface area contributed by atoms with Gasteiger partial charge in [0.15, 0.2) is 5.78 Å². The molecule has 9 heteroatoms. The van der Waals surface area contributed by atoms with Gasteiger partial charge in [-0.25, -0.2) is 9.79 Å². The summed E-state index contributed by atoms with van der Waals surface area (Å²) in [6.07, 6.45) is 2.07. The molecule has 0 amide bonds. The Hall–Kier alpha value is -1.90. The lowest BCUT2D eigenvalue weighted by Crippen LogP contribution is -2.32. The number of carbonyl (C=O) groups is 2. The lowest BCUT2D eigenvalue weighted by molar-refractivity contribution is -0.140. The number of Topliss-reactive ketones (excluding diaryl/α,β-unsaturated/α-hetero) is 1. The van der Waals surface area contributed by atoms with Crippen molar-refractivity contribution < 1.29 is 23.8 Å². The molecule has 0 radical (unpaired) electrons. The van der Waals surface area contributed by atoms with Gasteiger partial charge >= 0.3 is 5.97 Å². The summed E-state index contributed by atoms with van der Waals surface area (Å²) in [5.41, 5.74) is 0.900. The summed E-state index contributed by atoms with van der Waals surface area (Å²) in [6.45, 7) is 3.47. The molecular weight excluding hydrogens is 464 g/mol. The minimum absolute atomic E-state index is 0.0246. The minimum atomic E-state index is -0.640. The largest absolute Gasteiger partial charge is 0.492 e. The van der Waals surface area contributed by atoms with Gasteiger partial charge in [0.2, 0.25) is 0 Å². The van der Waals surface area contributed by atoms with Crippen molar-refractivity contribution in [3.63, 3.8) is 0 Å². The maximum atomic E-state index is 12.3. The van der Waals surface area contributed by atoms with E-state index < -0.39 is 5.97 Å². The Morgan fingerprint density at radius 3 is 2.76 bits per heavy atom. The summed E-state index contributed by atoms with van der Waals surface area (Å²) in [5.74, 6) is 0.198. The highest BCUT2D eigenvalue weighted by molar-refractivity contribution is 9.10. The predicted molar refractivity (Wildman–Crippen MR) is 114 cm³/mol. The van der Waals surface area contributed by atoms with E-state index in [4.69, 9.17) is 25.8 Å². The minimum Gasteiger partial charge on any atom is -0.492 e. The monoisotopic (exact) mass is 486 g/mol. The first-order valence-corrected chi connectivity index (χ1v) is 10.3. The zero-order valence-corrected chi connectivity index (χ0v) is 19.0. The van der Waals surface area contributed by atoms with E-state index in [1.165, 1.54) is 6.20 Å². The zero-order valence-electron chi connectivity index (χ0n) is 16.7. The highest BCUT2D eigenvalue weighted by Crippen LogP contribution is 2.32. The molecule has 0 aromatic heterocycles. The van der Waals surface area contributed by atoms with Gasteiger partial charge < -0.3 is 19.1 Å². The van der Waals surface area contributed by atoms with Crippen molar-refractivity contribution in [3.05, 3.63) is 39.0 Å². The molecule has 7 nitrogen and oxygen atoms in total. The third kappa shape index (κ3) is 6.55. The normalized spacial score (nSPS) is 13.6. The first-order chi connectivity index (χ1) is 13.9. The molecule has 29 heavy (non-hydrogen) atoms. The van der Waals surface area contributed by atoms with Crippen LogP contribution in [-0.2, 0) is 25.6 Å². The van der Waals surface area contributed by atoms with Crippen molar-refractivity contribution in [3.8, 4) is 5.75 Å². The highest BCUT2D eigenvalue weighted by atomic mass is 79.9. The smallest absolute Gasteiger partial charge is 0.343 e. The van der Waals surface area contributed by atoms with Crippen LogP contribution in [0.4, 0.5) is 0 Å². The quantitative estimate of drug-likeness (QED) is 0.300. The number of hydrogen-bond donors (Lipinski definition) is 0. The molecule has 0 fully saturated rings. The number of carbonyl (C=O) groups excluding carboxylic acids is 2. The van der Waals surface area contributed by atoms with Crippen LogP contribution in [0.25, 0.3) is 0 Å². The number of esters is 1. The lowest BCUT2D eigenvalue weighted by atomic mass is 10.1. The van der Waals surface area contributed by atoms with E-state index >= 15 is 0 Å². The van der Waals surface area contributed by atoms with Gasteiger partial charge in [-0.05, 0) is 24.6 Å². The SMILES string of the molecule is CCOC(=O)C1=CN=C(N(C)Cc2cc(OCCCOC)c(Cl)cc2Br)CC1=O. The van der Waals surface area contributed by atoms with Gasteiger partial charge in [-0.1, -0.05) is 27.5 Å². The average molecular weight is 488 g/mol. The van der Waals surface area contributed by atoms with E-state index in [0.29, 0.717) is 36.4 Å². The summed E-state index contributed by atoms with van der Waals surface area (Å²) in [5, 5.41) is 0.507. The Kier molecular flexibility index (Phi) is 9.13. The fraction of sp³-hybridized carbons (Fsp3) is 0.450. The second kappa shape index (κ2) is 11.3. The number of amidine groups is 1. The number of ketones is 1. The zero-order chi connectivity index (χ0) is 21.4. The molecule has 1 aliphatic rings. The number of benzene rings is 1. The second-order valence-electron chi connectivity index (χ2n) is 6.33. The van der Waals surface area contributed by atoms with Crippen LogP contribution in [0.1, 0.15) is 25.3 Å². The molecule has 2 rings (SSSR count). The van der Waals surface area contributed by atoms with E-state index in [-0.39, 0.29) is 24.4 Å². The van der Waals surface area contributed by atoms with Crippen LogP contribution in [-0.4, -0.2) is 56.5 Å². The maximum absolute atomic E-state index is 12.3. The van der Waals surface area contributed by atoms with Gasteiger partial charge in [0, 0.05) is 44.4 Å². The van der Waals surface area contributed by atoms with Crippen LogP contribution < -0.4 is 4.74 Å². The van der Waals surface area contributed by atoms with Crippen LogP contribution in [0.3, 0.4) is 0 Å². The molecule has 0 aliphatic carbocycles. The molecule has 0 atom stereocenters. The molecule has 1 aromatic rings. The summed E-state index contributed by atoms with van der Waals surface area (Å²) < 4.78 is 16.5. The van der Waals surface area contributed by atoms with Gasteiger partial charge in [0.05, 0.1) is 24.7 Å². The van der Waals surface area contributed by atoms with Crippen molar-refractivity contribution in [2.24, 2.45) is 4.99 Å². The van der Waals surface area contributed by atoms with E-state index in [0.717, 1.165) is 16.5 Å². The lowest BCUT2D eigenvalue weighted by Gasteiger charge is -2.24. The number of ether oxygens (including phenoxy) is 3. The number of hydrogen-bond acceptors (Lipinski definition) is 7. The van der Waals surface area contributed by atoms with E-state index in [1.54, 1.807) is 20.1 Å². The Bertz CT molecular complexity index is 825. The van der Waals surface area contributed by atoms with Gasteiger partial charge in [-0.15, -0.1) is 0 Å². The molecule has 0 saturated carbocycles. The third-order valence-corrected chi connectivity index (χ3v) is 5.19. The third-order valence-electron chi connectivity index (χ3n) is 4.16. The van der Waals surface area contributed by atoms with Gasteiger partial charge in [0.1, 0.15) is 17.2 Å². The number of aliphatic imine (C=N–C) groups is 1. The first-order valence-electron chi connectivity index (χ1n) is 9.15. The molecule has 1 aliphatic heterocycles. The summed E-state index contributed by atoms with van der Waals surface area (Å²) in [4.78, 5) is 30.2. The molecule has 0 bridgehead atoms. The Morgan fingerprint density at radius 2 is 2.10 bits per heavy atom. The fourth-order valence-corrected chi connectivity index (χ4v) is 3.46. The number of halogens is 2. The van der Waals surface area contributed by atoms with Crippen LogP contribution in [0.15, 0.2) is 33.4 Å². The Balaban J connectivity index is 2.11. The number of rotatable bonds is 9. The standard InChI is InChI=1S/C20H24BrClN2O5/c1-4-28-20(26)14-11-23-19(10-17(14)25)24(2)12-13-8-18(16(22)9-15(13)21)29-7-5-6-27-3/h8-9,11H,4-7,10,12H2,1-3H3. The Labute approximate surface area is 183 Å². The van der Waals surface area contributed by atoms with Crippen LogP contribution in [0.5, 0.6) is 5.75 Å². The van der Waals surface area contributed by atoms with Crippen molar-refractivity contribution in [2.75, 3.05) is 34.0 Å². The summed E-state index contributed by atoms with van der Waals surface area (Å²) in [7, 11) is 3.47. The molecule has 0 spiro atoms. The highest BCUT2D eigenvalue weighted by Gasteiger charge is 2.26. The summed E-state index contributed by atoms with van der Waals surface area (Å²) in [6, 6.07) is 3.64. The maximum Gasteiger partial charge on any atom is 0.343 e. The van der Waals surface area contributed by atoms with E-state index in [9.17, 15) is 9.59 Å². The van der Waals surface area contributed by atoms with E-state index in [2.05, 4.69) is 20.9 Å². The number of methoxy groups -OCH3 is 1. The van der Waals surface area contributed by atoms with Gasteiger partial charge in [-0.3, -0.25) is 4.79 Å². The molecule has 0 N–H and O–H groups in total. The number of nitrogens with zero attached hydrogens (tertiary/aromatic N) is 2. The first kappa shape index (κ1) is 23.4. The predicted octanol–water partition coefficient (Wildman–Crippen LogP) is 3.77. The van der Waals surface area contributed by atoms with Crippen molar-refractivity contribution >= 4 is 45.1 Å². The van der Waals surface area contributed by atoms with Crippen molar-refractivity contribution in [1.82, 2.24) is 4.90 Å². The molecule has 0 unspecified atom stereocenters. The molecule has 0 saturated heterocycles. The molecule has 158 valence electrons. The van der Waals surface area contributed by atoms with Gasteiger partial charge in [-0.2, -0.15) is 0 Å². The van der Waals surface area contributed by atoms with Gasteiger partial charge in [0.25, 0.3) is 0 Å². The topological polar surface area (TPSA) is 77.4 Å². The molecular formula is C20H24BrClN2O5.